The predicted molar refractivity (Wildman–Crippen MR) is 70.1 cm³/mol. The van der Waals surface area contributed by atoms with Gasteiger partial charge < -0.3 is 10.1 Å². The second-order valence-corrected chi connectivity index (χ2v) is 6.25. The van der Waals surface area contributed by atoms with Crippen LogP contribution in [0.4, 0.5) is 0 Å². The molecule has 1 fully saturated rings. The summed E-state index contributed by atoms with van der Waals surface area (Å²) in [5, 5.41) is 9.60. The van der Waals surface area contributed by atoms with Gasteiger partial charge in [-0.2, -0.15) is 5.10 Å². The number of aromatic amines is 1. The number of aromatic nitrogens is 2. The Morgan fingerprint density at radius 3 is 3.00 bits per heavy atom. The van der Waals surface area contributed by atoms with E-state index in [1.807, 2.05) is 13.8 Å². The van der Waals surface area contributed by atoms with Crippen molar-refractivity contribution in [3.05, 3.63) is 11.8 Å². The molecule has 0 aromatic carbocycles. The highest BCUT2D eigenvalue weighted by Gasteiger charge is 2.31. The third-order valence-electron chi connectivity index (χ3n) is 3.20. The van der Waals surface area contributed by atoms with Gasteiger partial charge in [0.1, 0.15) is 0 Å². The molecule has 0 aliphatic carbocycles. The van der Waals surface area contributed by atoms with Gasteiger partial charge in [0.05, 0.1) is 18.3 Å². The van der Waals surface area contributed by atoms with Crippen molar-refractivity contribution in [3.63, 3.8) is 0 Å². The molecule has 0 bridgehead atoms. The standard InChI is InChI=1S/C11H20N4O3S/c1-3-12-6-9-7-13-14-11(9)19(16,17)15-10-4-5-18-8(10)2/h7-8,10,12,15H,3-6H2,1-2H3,(H,13,14). The number of hydrogen-bond acceptors (Lipinski definition) is 5. The fraction of sp³-hybridized carbons (Fsp3) is 0.727. The lowest BCUT2D eigenvalue weighted by Gasteiger charge is -2.16. The van der Waals surface area contributed by atoms with Crippen molar-refractivity contribution >= 4 is 10.0 Å². The largest absolute Gasteiger partial charge is 0.377 e. The zero-order chi connectivity index (χ0) is 13.9. The molecule has 1 aliphatic heterocycles. The molecule has 0 amide bonds. The molecule has 2 atom stereocenters. The maximum Gasteiger partial charge on any atom is 0.258 e. The topological polar surface area (TPSA) is 96.1 Å². The average Bonchev–Trinajstić information content (AvgIpc) is 2.96. The fourth-order valence-electron chi connectivity index (χ4n) is 2.06. The van der Waals surface area contributed by atoms with E-state index in [9.17, 15) is 8.42 Å². The van der Waals surface area contributed by atoms with Crippen LogP contribution >= 0.6 is 0 Å². The molecular formula is C11H20N4O3S. The number of nitrogens with one attached hydrogen (secondary N) is 3. The van der Waals surface area contributed by atoms with E-state index >= 15 is 0 Å². The summed E-state index contributed by atoms with van der Waals surface area (Å²) < 4.78 is 32.7. The Kier molecular flexibility index (Phi) is 4.56. The fourth-order valence-corrected chi connectivity index (χ4v) is 3.53. The molecule has 2 heterocycles. The summed E-state index contributed by atoms with van der Waals surface area (Å²) in [6.45, 7) is 5.66. The minimum absolute atomic E-state index is 0.102. The van der Waals surface area contributed by atoms with Crippen LogP contribution in [0, 0.1) is 0 Å². The molecule has 108 valence electrons. The van der Waals surface area contributed by atoms with E-state index in [-0.39, 0.29) is 17.2 Å². The Labute approximate surface area is 113 Å². The monoisotopic (exact) mass is 288 g/mol. The molecule has 2 unspecified atom stereocenters. The van der Waals surface area contributed by atoms with Crippen LogP contribution in [-0.4, -0.2) is 43.9 Å². The van der Waals surface area contributed by atoms with Gasteiger partial charge >= 0.3 is 0 Å². The Morgan fingerprint density at radius 2 is 2.37 bits per heavy atom. The molecule has 0 saturated carbocycles. The summed E-state index contributed by atoms with van der Waals surface area (Å²) in [7, 11) is -3.58. The Morgan fingerprint density at radius 1 is 1.58 bits per heavy atom. The average molecular weight is 288 g/mol. The highest BCUT2D eigenvalue weighted by Crippen LogP contribution is 2.17. The minimum Gasteiger partial charge on any atom is -0.377 e. The van der Waals surface area contributed by atoms with Gasteiger partial charge in [-0.05, 0) is 19.9 Å². The molecule has 7 nitrogen and oxygen atoms in total. The van der Waals surface area contributed by atoms with E-state index in [0.29, 0.717) is 25.1 Å². The molecule has 1 aromatic heterocycles. The van der Waals surface area contributed by atoms with Crippen molar-refractivity contribution in [2.24, 2.45) is 0 Å². The van der Waals surface area contributed by atoms with Crippen LogP contribution in [-0.2, 0) is 21.3 Å². The van der Waals surface area contributed by atoms with Gasteiger partial charge in [0.2, 0.25) is 0 Å². The first kappa shape index (κ1) is 14.4. The first-order valence-electron chi connectivity index (χ1n) is 6.41. The van der Waals surface area contributed by atoms with Crippen molar-refractivity contribution < 1.29 is 13.2 Å². The Hall–Kier alpha value is -0.960. The van der Waals surface area contributed by atoms with Crippen molar-refractivity contribution in [2.45, 2.75) is 44.0 Å². The SMILES string of the molecule is CCNCc1cn[nH]c1S(=O)(=O)NC1CCOC1C. The molecule has 0 radical (unpaired) electrons. The normalized spacial score (nSPS) is 23.9. The van der Waals surface area contributed by atoms with E-state index < -0.39 is 10.0 Å². The maximum atomic E-state index is 12.3. The van der Waals surface area contributed by atoms with E-state index in [1.165, 1.54) is 6.20 Å². The van der Waals surface area contributed by atoms with E-state index in [2.05, 4.69) is 20.2 Å². The van der Waals surface area contributed by atoms with Crippen molar-refractivity contribution in [1.82, 2.24) is 20.2 Å². The second kappa shape index (κ2) is 6.00. The third-order valence-corrected chi connectivity index (χ3v) is 4.70. The highest BCUT2D eigenvalue weighted by atomic mass is 32.2. The second-order valence-electron chi connectivity index (χ2n) is 4.60. The van der Waals surface area contributed by atoms with Gasteiger partial charge in [0.15, 0.2) is 5.03 Å². The van der Waals surface area contributed by atoms with Crippen molar-refractivity contribution in [3.8, 4) is 0 Å². The quantitative estimate of drug-likeness (QED) is 0.683. The summed E-state index contributed by atoms with van der Waals surface area (Å²) >= 11 is 0. The number of sulfonamides is 1. The van der Waals surface area contributed by atoms with Crippen LogP contribution in [0.15, 0.2) is 11.2 Å². The van der Waals surface area contributed by atoms with Crippen LogP contribution < -0.4 is 10.0 Å². The lowest BCUT2D eigenvalue weighted by molar-refractivity contribution is 0.117. The number of hydrogen-bond donors (Lipinski definition) is 3. The van der Waals surface area contributed by atoms with E-state index in [0.717, 1.165) is 6.54 Å². The molecule has 1 aromatic rings. The van der Waals surface area contributed by atoms with Crippen LogP contribution in [0.3, 0.4) is 0 Å². The molecule has 0 spiro atoms. The van der Waals surface area contributed by atoms with Crippen LogP contribution in [0.25, 0.3) is 0 Å². The molecule has 1 saturated heterocycles. The summed E-state index contributed by atoms with van der Waals surface area (Å²) in [4.78, 5) is 0. The predicted octanol–water partition coefficient (Wildman–Crippen LogP) is -0.0251. The highest BCUT2D eigenvalue weighted by molar-refractivity contribution is 7.89. The number of ether oxygens (including phenoxy) is 1. The van der Waals surface area contributed by atoms with Gasteiger partial charge in [0, 0.05) is 18.7 Å². The van der Waals surface area contributed by atoms with Gasteiger partial charge in [0.25, 0.3) is 10.0 Å². The smallest absolute Gasteiger partial charge is 0.258 e. The summed E-state index contributed by atoms with van der Waals surface area (Å²) in [6.07, 6.45) is 2.12. The molecule has 2 rings (SSSR count). The summed E-state index contributed by atoms with van der Waals surface area (Å²) in [5.41, 5.74) is 0.640. The van der Waals surface area contributed by atoms with Crippen molar-refractivity contribution in [1.29, 1.82) is 0 Å². The number of nitrogens with zero attached hydrogens (tertiary/aromatic N) is 1. The molecule has 1 aliphatic rings. The van der Waals surface area contributed by atoms with Gasteiger partial charge in [-0.1, -0.05) is 6.92 Å². The van der Waals surface area contributed by atoms with Crippen molar-refractivity contribution in [2.75, 3.05) is 13.2 Å². The Balaban J connectivity index is 2.12. The first-order valence-corrected chi connectivity index (χ1v) is 7.89. The van der Waals surface area contributed by atoms with Gasteiger partial charge in [-0.3, -0.25) is 5.10 Å². The molecule has 3 N–H and O–H groups in total. The lowest BCUT2D eigenvalue weighted by atomic mass is 10.2. The van der Waals surface area contributed by atoms with E-state index in [1.54, 1.807) is 0 Å². The summed E-state index contributed by atoms with van der Waals surface area (Å²) in [6, 6.07) is -0.180. The molecular weight excluding hydrogens is 268 g/mol. The number of rotatable bonds is 6. The minimum atomic E-state index is -3.58. The van der Waals surface area contributed by atoms with Crippen LogP contribution in [0.1, 0.15) is 25.8 Å². The first-order chi connectivity index (χ1) is 9.04. The van der Waals surface area contributed by atoms with Gasteiger partial charge in [-0.15, -0.1) is 0 Å². The number of H-pyrrole nitrogens is 1. The zero-order valence-corrected chi connectivity index (χ0v) is 12.0. The third kappa shape index (κ3) is 3.33. The summed E-state index contributed by atoms with van der Waals surface area (Å²) in [5.74, 6) is 0. The van der Waals surface area contributed by atoms with Crippen LogP contribution in [0.5, 0.6) is 0 Å². The van der Waals surface area contributed by atoms with Gasteiger partial charge in [-0.25, -0.2) is 13.1 Å². The van der Waals surface area contributed by atoms with Crippen LogP contribution in [0.2, 0.25) is 0 Å². The molecule has 19 heavy (non-hydrogen) atoms. The zero-order valence-electron chi connectivity index (χ0n) is 11.1. The lowest BCUT2D eigenvalue weighted by Crippen LogP contribution is -2.39. The maximum absolute atomic E-state index is 12.3. The molecule has 8 heteroatoms. The van der Waals surface area contributed by atoms with E-state index in [4.69, 9.17) is 4.74 Å². The Bertz CT molecular complexity index is 514.